The van der Waals surface area contributed by atoms with Crippen LogP contribution in [0.1, 0.15) is 15.9 Å². The maximum absolute atomic E-state index is 12.4. The van der Waals surface area contributed by atoms with Crippen molar-refractivity contribution in [1.82, 2.24) is 4.72 Å². The SMILES string of the molecule is COc1ccc(C(N)=O)cc1S(=O)(=O)NCc1ccccc1. The van der Waals surface area contributed by atoms with Gasteiger partial charge in [-0.25, -0.2) is 13.1 Å². The predicted molar refractivity (Wildman–Crippen MR) is 82.0 cm³/mol. The molecule has 0 atom stereocenters. The lowest BCUT2D eigenvalue weighted by Gasteiger charge is -2.11. The van der Waals surface area contributed by atoms with Crippen molar-refractivity contribution in [3.05, 3.63) is 59.7 Å². The molecule has 0 saturated carbocycles. The third kappa shape index (κ3) is 3.63. The smallest absolute Gasteiger partial charge is 0.248 e. The zero-order valence-electron chi connectivity index (χ0n) is 11.9. The number of benzene rings is 2. The number of amides is 1. The summed E-state index contributed by atoms with van der Waals surface area (Å²) in [5, 5.41) is 0. The van der Waals surface area contributed by atoms with Gasteiger partial charge in [0.25, 0.3) is 0 Å². The molecule has 7 heteroatoms. The Balaban J connectivity index is 2.31. The van der Waals surface area contributed by atoms with E-state index in [2.05, 4.69) is 4.72 Å². The first kappa shape index (κ1) is 16.0. The average Bonchev–Trinajstić information content (AvgIpc) is 2.53. The Hall–Kier alpha value is -2.38. The Labute approximate surface area is 129 Å². The largest absolute Gasteiger partial charge is 0.495 e. The van der Waals surface area contributed by atoms with E-state index in [1.54, 1.807) is 12.1 Å². The number of nitrogens with two attached hydrogens (primary N) is 1. The molecule has 0 aromatic heterocycles. The van der Waals surface area contributed by atoms with Crippen LogP contribution in [0.4, 0.5) is 0 Å². The Bertz CT molecular complexity index is 773. The number of primary amides is 1. The highest BCUT2D eigenvalue weighted by Crippen LogP contribution is 2.24. The van der Waals surface area contributed by atoms with Gasteiger partial charge in [-0.3, -0.25) is 4.79 Å². The second-order valence-corrected chi connectivity index (χ2v) is 6.28. The van der Waals surface area contributed by atoms with Crippen molar-refractivity contribution in [3.63, 3.8) is 0 Å². The Morgan fingerprint density at radius 1 is 1.18 bits per heavy atom. The number of methoxy groups -OCH3 is 1. The normalized spacial score (nSPS) is 11.1. The average molecular weight is 320 g/mol. The Morgan fingerprint density at radius 2 is 1.86 bits per heavy atom. The van der Waals surface area contributed by atoms with Gasteiger partial charge in [-0.2, -0.15) is 0 Å². The van der Waals surface area contributed by atoms with Crippen molar-refractivity contribution in [3.8, 4) is 5.75 Å². The van der Waals surface area contributed by atoms with E-state index in [-0.39, 0.29) is 22.8 Å². The van der Waals surface area contributed by atoms with E-state index in [9.17, 15) is 13.2 Å². The molecule has 0 fully saturated rings. The van der Waals surface area contributed by atoms with Crippen LogP contribution in [-0.2, 0) is 16.6 Å². The van der Waals surface area contributed by atoms with E-state index in [1.807, 2.05) is 18.2 Å². The molecule has 22 heavy (non-hydrogen) atoms. The van der Waals surface area contributed by atoms with E-state index in [4.69, 9.17) is 10.5 Å². The Kier molecular flexibility index (Phi) is 4.79. The van der Waals surface area contributed by atoms with Gasteiger partial charge in [0.2, 0.25) is 15.9 Å². The molecule has 2 rings (SSSR count). The van der Waals surface area contributed by atoms with Crippen LogP contribution in [0.3, 0.4) is 0 Å². The second kappa shape index (κ2) is 6.59. The molecule has 1 amide bonds. The fourth-order valence-electron chi connectivity index (χ4n) is 1.89. The van der Waals surface area contributed by atoms with Gasteiger partial charge in [0.15, 0.2) is 0 Å². The molecule has 3 N–H and O–H groups in total. The van der Waals surface area contributed by atoms with Crippen molar-refractivity contribution in [2.24, 2.45) is 5.73 Å². The number of carbonyl (C=O) groups excluding carboxylic acids is 1. The zero-order valence-corrected chi connectivity index (χ0v) is 12.8. The summed E-state index contributed by atoms with van der Waals surface area (Å²) < 4.78 is 32.4. The lowest BCUT2D eigenvalue weighted by molar-refractivity contribution is 0.1000. The van der Waals surface area contributed by atoms with Gasteiger partial charge in [0.1, 0.15) is 10.6 Å². The van der Waals surface area contributed by atoms with E-state index >= 15 is 0 Å². The number of carbonyl (C=O) groups is 1. The van der Waals surface area contributed by atoms with Gasteiger partial charge in [-0.15, -0.1) is 0 Å². The summed E-state index contributed by atoms with van der Waals surface area (Å²) in [7, 11) is -2.48. The van der Waals surface area contributed by atoms with Crippen LogP contribution >= 0.6 is 0 Å². The summed E-state index contributed by atoms with van der Waals surface area (Å²) >= 11 is 0. The van der Waals surface area contributed by atoms with Crippen LogP contribution in [0, 0.1) is 0 Å². The number of hydrogen-bond acceptors (Lipinski definition) is 4. The molecule has 0 radical (unpaired) electrons. The summed E-state index contributed by atoms with van der Waals surface area (Å²) in [5.74, 6) is -0.562. The molecule has 0 aliphatic carbocycles. The predicted octanol–water partition coefficient (Wildman–Crippen LogP) is 1.27. The van der Waals surface area contributed by atoms with E-state index in [0.29, 0.717) is 0 Å². The molecule has 116 valence electrons. The Morgan fingerprint density at radius 3 is 2.45 bits per heavy atom. The van der Waals surface area contributed by atoms with Crippen molar-refractivity contribution < 1.29 is 17.9 Å². The first-order chi connectivity index (χ1) is 10.4. The summed E-state index contributed by atoms with van der Waals surface area (Å²) in [6.45, 7) is 0.132. The van der Waals surface area contributed by atoms with Crippen LogP contribution in [0.25, 0.3) is 0 Å². The van der Waals surface area contributed by atoms with Crippen molar-refractivity contribution in [2.75, 3.05) is 7.11 Å². The number of sulfonamides is 1. The molecule has 2 aromatic rings. The van der Waals surface area contributed by atoms with Gasteiger partial charge >= 0.3 is 0 Å². The van der Waals surface area contributed by atoms with Gasteiger partial charge in [-0.05, 0) is 23.8 Å². The van der Waals surface area contributed by atoms with Crippen LogP contribution in [0.2, 0.25) is 0 Å². The lowest BCUT2D eigenvalue weighted by Crippen LogP contribution is -2.24. The number of ether oxygens (including phenoxy) is 1. The van der Waals surface area contributed by atoms with Crippen molar-refractivity contribution >= 4 is 15.9 Å². The molecule has 0 aliphatic rings. The minimum atomic E-state index is -3.84. The van der Waals surface area contributed by atoms with Gasteiger partial charge in [-0.1, -0.05) is 30.3 Å². The van der Waals surface area contributed by atoms with Crippen LogP contribution in [0.5, 0.6) is 5.75 Å². The highest BCUT2D eigenvalue weighted by Gasteiger charge is 2.20. The van der Waals surface area contributed by atoms with E-state index in [1.165, 1.54) is 25.3 Å². The highest BCUT2D eigenvalue weighted by molar-refractivity contribution is 7.89. The van der Waals surface area contributed by atoms with Crippen LogP contribution in [-0.4, -0.2) is 21.4 Å². The summed E-state index contributed by atoms with van der Waals surface area (Å²) in [6.07, 6.45) is 0. The molecule has 0 spiro atoms. The molecule has 0 heterocycles. The molecule has 6 nitrogen and oxygen atoms in total. The summed E-state index contributed by atoms with van der Waals surface area (Å²) in [6, 6.07) is 13.1. The fraction of sp³-hybridized carbons (Fsp3) is 0.133. The van der Waals surface area contributed by atoms with Crippen molar-refractivity contribution in [2.45, 2.75) is 11.4 Å². The fourth-order valence-corrected chi connectivity index (χ4v) is 3.10. The van der Waals surface area contributed by atoms with Gasteiger partial charge in [0, 0.05) is 12.1 Å². The third-order valence-corrected chi connectivity index (χ3v) is 4.47. The quantitative estimate of drug-likeness (QED) is 0.837. The molecule has 0 unspecified atom stereocenters. The molecular weight excluding hydrogens is 304 g/mol. The minimum absolute atomic E-state index is 0.0980. The first-order valence-corrected chi connectivity index (χ1v) is 7.94. The maximum atomic E-state index is 12.4. The highest BCUT2D eigenvalue weighted by atomic mass is 32.2. The molecule has 0 saturated heterocycles. The van der Waals surface area contributed by atoms with Gasteiger partial charge in [0.05, 0.1) is 7.11 Å². The zero-order chi connectivity index (χ0) is 16.2. The summed E-state index contributed by atoms with van der Waals surface area (Å²) in [4.78, 5) is 11.1. The monoisotopic (exact) mass is 320 g/mol. The molecule has 0 aliphatic heterocycles. The molecule has 2 aromatic carbocycles. The lowest BCUT2D eigenvalue weighted by atomic mass is 10.2. The van der Waals surface area contributed by atoms with E-state index in [0.717, 1.165) is 5.56 Å². The third-order valence-electron chi connectivity index (χ3n) is 3.05. The van der Waals surface area contributed by atoms with Gasteiger partial charge < -0.3 is 10.5 Å². The standard InChI is InChI=1S/C15H16N2O4S/c1-21-13-8-7-12(15(16)18)9-14(13)22(19,20)17-10-11-5-3-2-4-6-11/h2-9,17H,10H2,1H3,(H2,16,18). The topological polar surface area (TPSA) is 98.5 Å². The molecular formula is C15H16N2O4S. The summed E-state index contributed by atoms with van der Waals surface area (Å²) in [5.41, 5.74) is 6.10. The number of hydrogen-bond donors (Lipinski definition) is 2. The first-order valence-electron chi connectivity index (χ1n) is 6.45. The number of rotatable bonds is 6. The maximum Gasteiger partial charge on any atom is 0.248 e. The van der Waals surface area contributed by atoms with Crippen LogP contribution in [0.15, 0.2) is 53.4 Å². The van der Waals surface area contributed by atoms with Crippen LogP contribution < -0.4 is 15.2 Å². The van der Waals surface area contributed by atoms with Crippen molar-refractivity contribution in [1.29, 1.82) is 0 Å². The minimum Gasteiger partial charge on any atom is -0.495 e. The number of nitrogens with one attached hydrogen (secondary N) is 1. The molecule has 0 bridgehead atoms. The second-order valence-electron chi connectivity index (χ2n) is 4.54. The van der Waals surface area contributed by atoms with E-state index < -0.39 is 15.9 Å².